The summed E-state index contributed by atoms with van der Waals surface area (Å²) in [7, 11) is 4.02. The van der Waals surface area contributed by atoms with E-state index in [1.807, 2.05) is 92.6 Å². The van der Waals surface area contributed by atoms with Gasteiger partial charge in [-0.1, -0.05) is 66.7 Å². The van der Waals surface area contributed by atoms with Crippen LogP contribution < -0.4 is 0 Å². The van der Waals surface area contributed by atoms with E-state index in [-0.39, 0.29) is 18.1 Å². The first-order valence-electron chi connectivity index (χ1n) is 12.1. The predicted octanol–water partition coefficient (Wildman–Crippen LogP) is 5.07. The molecule has 4 rings (SSSR count). The Morgan fingerprint density at radius 1 is 0.914 bits per heavy atom. The van der Waals surface area contributed by atoms with Gasteiger partial charge in [-0.15, -0.1) is 0 Å². The zero-order chi connectivity index (χ0) is 24.8. The van der Waals surface area contributed by atoms with Crippen molar-refractivity contribution in [2.24, 2.45) is 0 Å². The highest BCUT2D eigenvalue weighted by Gasteiger charge is 2.32. The van der Waals surface area contributed by atoms with E-state index in [9.17, 15) is 9.59 Å². The Hall–Kier alpha value is -3.64. The lowest BCUT2D eigenvalue weighted by Crippen LogP contribution is -2.36. The Kier molecular flexibility index (Phi) is 7.83. The van der Waals surface area contributed by atoms with Gasteiger partial charge in [0.2, 0.25) is 0 Å². The van der Waals surface area contributed by atoms with E-state index < -0.39 is 0 Å². The molecular weight excluding hydrogens is 438 g/mol. The molecule has 1 saturated heterocycles. The van der Waals surface area contributed by atoms with Crippen LogP contribution in [0.1, 0.15) is 34.5 Å². The van der Waals surface area contributed by atoms with Crippen molar-refractivity contribution in [1.29, 1.82) is 0 Å². The molecule has 1 fully saturated rings. The molecule has 0 spiro atoms. The maximum Gasteiger partial charge on any atom is 0.410 e. The van der Waals surface area contributed by atoms with E-state index in [1.165, 1.54) is 0 Å². The van der Waals surface area contributed by atoms with Gasteiger partial charge in [0.25, 0.3) is 5.91 Å². The molecule has 1 heterocycles. The summed E-state index contributed by atoms with van der Waals surface area (Å²) in [5.74, 6) is 0.0579. The smallest absolute Gasteiger partial charge is 0.410 e. The maximum absolute atomic E-state index is 12.9. The fourth-order valence-electron chi connectivity index (χ4n) is 4.21. The lowest BCUT2D eigenvalue weighted by molar-refractivity contribution is 0.0754. The van der Waals surface area contributed by atoms with Gasteiger partial charge in [-0.3, -0.25) is 9.69 Å². The number of likely N-dealkylation sites (N-methyl/N-ethyl adjacent to an activating group) is 2. The molecule has 0 N–H and O–H groups in total. The standard InChI is InChI=1S/C29H33N3O3/c1-4-31(19-18-30(2)3)28(33)26-16-14-24(15-17-26)23-12-10-22(11-13-23)20-32-21-27(35-29(32)34)25-8-6-5-7-9-25/h5-17,27H,4,18-21H2,1-3H3/t27-/m0/s1. The molecule has 0 bridgehead atoms. The van der Waals surface area contributed by atoms with Gasteiger partial charge in [-0.25, -0.2) is 4.79 Å². The summed E-state index contributed by atoms with van der Waals surface area (Å²) in [5.41, 5.74) is 4.88. The summed E-state index contributed by atoms with van der Waals surface area (Å²) in [6, 6.07) is 25.8. The van der Waals surface area contributed by atoms with E-state index in [1.54, 1.807) is 4.90 Å². The third-order valence-corrected chi connectivity index (χ3v) is 6.34. The first-order valence-corrected chi connectivity index (χ1v) is 12.1. The summed E-state index contributed by atoms with van der Waals surface area (Å²) < 4.78 is 5.56. The lowest BCUT2D eigenvalue weighted by Gasteiger charge is -2.23. The van der Waals surface area contributed by atoms with Gasteiger partial charge in [0.15, 0.2) is 0 Å². The summed E-state index contributed by atoms with van der Waals surface area (Å²) in [4.78, 5) is 30.9. The van der Waals surface area contributed by atoms with Gasteiger partial charge in [0, 0.05) is 31.7 Å². The van der Waals surface area contributed by atoms with Gasteiger partial charge < -0.3 is 14.5 Å². The van der Waals surface area contributed by atoms with Crippen molar-refractivity contribution in [1.82, 2.24) is 14.7 Å². The van der Waals surface area contributed by atoms with E-state index >= 15 is 0 Å². The van der Waals surface area contributed by atoms with Gasteiger partial charge in [-0.2, -0.15) is 0 Å². The van der Waals surface area contributed by atoms with Crippen LogP contribution in [0.15, 0.2) is 78.9 Å². The summed E-state index contributed by atoms with van der Waals surface area (Å²) in [6.07, 6.45) is -0.509. The summed E-state index contributed by atoms with van der Waals surface area (Å²) in [5, 5.41) is 0. The number of nitrogens with zero attached hydrogens (tertiary/aromatic N) is 3. The van der Waals surface area contributed by atoms with Gasteiger partial charge in [-0.05, 0) is 55.4 Å². The first-order chi connectivity index (χ1) is 16.9. The minimum Gasteiger partial charge on any atom is -0.439 e. The Morgan fingerprint density at radius 3 is 2.14 bits per heavy atom. The molecule has 0 aromatic heterocycles. The molecule has 0 saturated carbocycles. The number of amides is 2. The van der Waals surface area contributed by atoms with Crippen LogP contribution in [0, 0.1) is 0 Å². The topological polar surface area (TPSA) is 53.1 Å². The summed E-state index contributed by atoms with van der Waals surface area (Å²) >= 11 is 0. The Bertz CT molecular complexity index is 1130. The number of carbonyl (C=O) groups excluding carboxylic acids is 2. The van der Waals surface area contributed by atoms with Crippen molar-refractivity contribution in [2.75, 3.05) is 40.3 Å². The zero-order valence-electron chi connectivity index (χ0n) is 20.7. The monoisotopic (exact) mass is 471 g/mol. The average Bonchev–Trinajstić information content (AvgIpc) is 3.25. The van der Waals surface area contributed by atoms with Crippen LogP contribution in [0.5, 0.6) is 0 Å². The number of ether oxygens (including phenoxy) is 1. The van der Waals surface area contributed by atoms with Crippen molar-refractivity contribution < 1.29 is 14.3 Å². The Balaban J connectivity index is 1.37. The normalized spacial score (nSPS) is 15.4. The molecule has 3 aromatic carbocycles. The molecular formula is C29H33N3O3. The Morgan fingerprint density at radius 2 is 1.54 bits per heavy atom. The minimum absolute atomic E-state index is 0.0579. The van der Waals surface area contributed by atoms with Crippen LogP contribution in [-0.2, 0) is 11.3 Å². The SMILES string of the molecule is CCN(CCN(C)C)C(=O)c1ccc(-c2ccc(CN3C[C@@H](c4ccccc4)OC3=O)cc2)cc1. The van der Waals surface area contributed by atoms with E-state index in [2.05, 4.69) is 17.0 Å². The van der Waals surface area contributed by atoms with E-state index in [0.29, 0.717) is 31.7 Å². The lowest BCUT2D eigenvalue weighted by atomic mass is 10.0. The maximum atomic E-state index is 12.9. The molecule has 35 heavy (non-hydrogen) atoms. The third kappa shape index (κ3) is 6.08. The van der Waals surface area contributed by atoms with E-state index in [4.69, 9.17) is 4.74 Å². The number of hydrogen-bond acceptors (Lipinski definition) is 4. The molecule has 0 aliphatic carbocycles. The molecule has 6 nitrogen and oxygen atoms in total. The highest BCUT2D eigenvalue weighted by molar-refractivity contribution is 5.94. The largest absolute Gasteiger partial charge is 0.439 e. The average molecular weight is 472 g/mol. The summed E-state index contributed by atoms with van der Waals surface area (Å²) in [6.45, 7) is 5.30. The molecule has 182 valence electrons. The van der Waals surface area contributed by atoms with Crippen LogP contribution in [0.4, 0.5) is 4.79 Å². The van der Waals surface area contributed by atoms with Crippen molar-refractivity contribution in [3.63, 3.8) is 0 Å². The van der Waals surface area contributed by atoms with Crippen molar-refractivity contribution in [2.45, 2.75) is 19.6 Å². The number of rotatable bonds is 9. The second-order valence-electron chi connectivity index (χ2n) is 9.13. The molecule has 6 heteroatoms. The molecule has 2 amide bonds. The highest BCUT2D eigenvalue weighted by Crippen LogP contribution is 2.28. The predicted molar refractivity (Wildman–Crippen MR) is 138 cm³/mol. The zero-order valence-corrected chi connectivity index (χ0v) is 20.7. The van der Waals surface area contributed by atoms with E-state index in [0.717, 1.165) is 28.8 Å². The molecule has 0 unspecified atom stereocenters. The Labute approximate surface area is 207 Å². The second-order valence-corrected chi connectivity index (χ2v) is 9.13. The number of carbonyl (C=O) groups is 2. The van der Waals surface area contributed by atoms with Crippen LogP contribution in [-0.4, -0.2) is 67.0 Å². The van der Waals surface area contributed by atoms with Crippen LogP contribution in [0.3, 0.4) is 0 Å². The van der Waals surface area contributed by atoms with Crippen molar-refractivity contribution >= 4 is 12.0 Å². The first kappa shape index (κ1) is 24.5. The number of benzene rings is 3. The molecule has 1 aliphatic heterocycles. The third-order valence-electron chi connectivity index (χ3n) is 6.34. The number of cyclic esters (lactones) is 1. The van der Waals surface area contributed by atoms with Gasteiger partial charge in [0.05, 0.1) is 6.54 Å². The van der Waals surface area contributed by atoms with Crippen LogP contribution >= 0.6 is 0 Å². The van der Waals surface area contributed by atoms with Crippen LogP contribution in [0.25, 0.3) is 11.1 Å². The molecule has 1 atom stereocenters. The molecule has 0 radical (unpaired) electrons. The fraction of sp³-hybridized carbons (Fsp3) is 0.310. The second kappa shape index (κ2) is 11.2. The molecule has 3 aromatic rings. The van der Waals surface area contributed by atoms with Gasteiger partial charge >= 0.3 is 6.09 Å². The van der Waals surface area contributed by atoms with Crippen molar-refractivity contribution in [3.05, 3.63) is 95.6 Å². The molecule has 1 aliphatic rings. The van der Waals surface area contributed by atoms with Crippen LogP contribution in [0.2, 0.25) is 0 Å². The van der Waals surface area contributed by atoms with Gasteiger partial charge in [0.1, 0.15) is 6.10 Å². The minimum atomic E-state index is -0.283. The van der Waals surface area contributed by atoms with Crippen molar-refractivity contribution in [3.8, 4) is 11.1 Å². The highest BCUT2D eigenvalue weighted by atomic mass is 16.6. The number of hydrogen-bond donors (Lipinski definition) is 0. The fourth-order valence-corrected chi connectivity index (χ4v) is 4.21. The quantitative estimate of drug-likeness (QED) is 0.437.